The fourth-order valence-electron chi connectivity index (χ4n) is 2.45. The number of nitrogens with zero attached hydrogens (tertiary/aromatic N) is 3. The molecule has 1 aromatic rings. The topological polar surface area (TPSA) is 104 Å². The fourth-order valence-corrected chi connectivity index (χ4v) is 2.45. The van der Waals surface area contributed by atoms with Crippen molar-refractivity contribution in [2.24, 2.45) is 5.92 Å². The van der Waals surface area contributed by atoms with Crippen LogP contribution in [0.4, 0.5) is 0 Å². The van der Waals surface area contributed by atoms with Gasteiger partial charge in [-0.15, -0.1) is 10.2 Å². The Morgan fingerprint density at radius 3 is 3.06 bits per heavy atom. The highest BCUT2D eigenvalue weighted by Gasteiger charge is 2.25. The number of hydrogen-bond acceptors (Lipinski definition) is 5. The maximum Gasteiger partial charge on any atom is 0.320 e. The molecule has 0 spiro atoms. The van der Waals surface area contributed by atoms with Crippen LogP contribution in [0.5, 0.6) is 0 Å². The number of nitrogens with one attached hydrogen (secondary N) is 2. The van der Waals surface area contributed by atoms with Crippen LogP contribution < -0.4 is 5.32 Å². The summed E-state index contributed by atoms with van der Waals surface area (Å²) in [5.41, 5.74) is 0. The summed E-state index contributed by atoms with van der Waals surface area (Å²) in [5, 5.41) is 25.7. The van der Waals surface area contributed by atoms with Crippen molar-refractivity contribution < 1.29 is 9.90 Å². The molecule has 1 aliphatic heterocycles. The monoisotopic (exact) mass is 253 g/mol. The molecule has 1 fully saturated rings. The summed E-state index contributed by atoms with van der Waals surface area (Å²) in [5.74, 6) is 0.549. The van der Waals surface area contributed by atoms with Crippen molar-refractivity contribution in [2.75, 3.05) is 6.54 Å². The molecule has 2 rings (SSSR count). The first kappa shape index (κ1) is 12.9. The molecule has 1 aromatic heterocycles. The molecule has 1 saturated heterocycles. The number of carbonyl (C=O) groups is 1. The lowest BCUT2D eigenvalue weighted by molar-refractivity contribution is -0.140. The summed E-state index contributed by atoms with van der Waals surface area (Å²) in [6.07, 6.45) is 5.86. The molecule has 2 heterocycles. The number of aliphatic carboxylic acids is 1. The summed E-state index contributed by atoms with van der Waals surface area (Å²) in [6, 6.07) is -0.360. The Morgan fingerprint density at radius 1 is 1.44 bits per heavy atom. The molecule has 18 heavy (non-hydrogen) atoms. The highest BCUT2D eigenvalue weighted by Crippen LogP contribution is 2.22. The van der Waals surface area contributed by atoms with Crippen LogP contribution in [0.25, 0.3) is 0 Å². The van der Waals surface area contributed by atoms with Crippen LogP contribution in [0.1, 0.15) is 37.9 Å². The minimum atomic E-state index is -0.730. The van der Waals surface area contributed by atoms with Gasteiger partial charge in [0.05, 0.1) is 0 Å². The molecule has 0 aromatic carbocycles. The first-order chi connectivity index (χ1) is 8.75. The second-order valence-electron chi connectivity index (χ2n) is 4.81. The molecule has 0 bridgehead atoms. The summed E-state index contributed by atoms with van der Waals surface area (Å²) in [7, 11) is 0. The van der Waals surface area contributed by atoms with Crippen LogP contribution in [0.2, 0.25) is 0 Å². The van der Waals surface area contributed by atoms with E-state index >= 15 is 0 Å². The molecule has 0 saturated carbocycles. The number of piperidine rings is 1. The SMILES string of the molecule is O=C(O)[C@@H]1C[C@H](CCCCc2nn[nH]n2)CCN1. The molecule has 0 unspecified atom stereocenters. The van der Waals surface area contributed by atoms with Crippen LogP contribution in [0.3, 0.4) is 0 Å². The standard InChI is InChI=1S/C11H19N5O2/c17-11(18)9-7-8(5-6-12-9)3-1-2-4-10-13-15-16-14-10/h8-9,12H,1-7H2,(H,17,18)(H,13,14,15,16)/t8-,9+/m1/s1. The molecule has 2 atom stereocenters. The average Bonchev–Trinajstić information content (AvgIpc) is 2.88. The zero-order valence-electron chi connectivity index (χ0n) is 10.3. The van der Waals surface area contributed by atoms with Gasteiger partial charge in [-0.1, -0.05) is 18.1 Å². The van der Waals surface area contributed by atoms with Crippen molar-refractivity contribution in [2.45, 2.75) is 44.6 Å². The third-order valence-corrected chi connectivity index (χ3v) is 3.46. The van der Waals surface area contributed by atoms with Crippen LogP contribution in [-0.4, -0.2) is 44.3 Å². The predicted molar refractivity (Wildman–Crippen MR) is 63.9 cm³/mol. The van der Waals surface area contributed by atoms with Gasteiger partial charge in [-0.25, -0.2) is 0 Å². The highest BCUT2D eigenvalue weighted by molar-refractivity contribution is 5.73. The van der Waals surface area contributed by atoms with Crippen molar-refractivity contribution >= 4 is 5.97 Å². The van der Waals surface area contributed by atoms with Gasteiger partial charge in [0.25, 0.3) is 0 Å². The van der Waals surface area contributed by atoms with Gasteiger partial charge in [0.15, 0.2) is 5.82 Å². The van der Waals surface area contributed by atoms with Gasteiger partial charge in [-0.3, -0.25) is 4.79 Å². The van der Waals surface area contributed by atoms with E-state index in [0.717, 1.165) is 50.9 Å². The average molecular weight is 253 g/mol. The summed E-state index contributed by atoms with van der Waals surface area (Å²) >= 11 is 0. The zero-order chi connectivity index (χ0) is 12.8. The van der Waals surface area contributed by atoms with Gasteiger partial charge in [0.1, 0.15) is 6.04 Å². The molecule has 0 aliphatic carbocycles. The Bertz CT molecular complexity index is 368. The number of aromatic amines is 1. The second kappa shape index (κ2) is 6.44. The maximum atomic E-state index is 10.9. The Hall–Kier alpha value is -1.50. The van der Waals surface area contributed by atoms with Crippen molar-refractivity contribution in [1.29, 1.82) is 0 Å². The molecule has 0 amide bonds. The van der Waals surface area contributed by atoms with Crippen LogP contribution in [-0.2, 0) is 11.2 Å². The van der Waals surface area contributed by atoms with Crippen LogP contribution in [0, 0.1) is 5.92 Å². The van der Waals surface area contributed by atoms with E-state index in [1.54, 1.807) is 0 Å². The van der Waals surface area contributed by atoms with Crippen molar-refractivity contribution in [3.63, 3.8) is 0 Å². The van der Waals surface area contributed by atoms with E-state index < -0.39 is 5.97 Å². The Balaban J connectivity index is 1.62. The molecular weight excluding hydrogens is 234 g/mol. The number of hydrogen-bond donors (Lipinski definition) is 3. The summed E-state index contributed by atoms with van der Waals surface area (Å²) < 4.78 is 0. The van der Waals surface area contributed by atoms with Crippen molar-refractivity contribution in [1.82, 2.24) is 25.9 Å². The number of H-pyrrole nitrogens is 1. The van der Waals surface area contributed by atoms with Crippen molar-refractivity contribution in [3.05, 3.63) is 5.82 Å². The van der Waals surface area contributed by atoms with Crippen LogP contribution in [0.15, 0.2) is 0 Å². The lowest BCUT2D eigenvalue weighted by atomic mass is 9.88. The molecular formula is C11H19N5O2. The van der Waals surface area contributed by atoms with Gasteiger partial charge < -0.3 is 10.4 Å². The van der Waals surface area contributed by atoms with Gasteiger partial charge >= 0.3 is 5.97 Å². The molecule has 1 aliphatic rings. The molecule has 7 nitrogen and oxygen atoms in total. The third kappa shape index (κ3) is 3.76. The Labute approximate surface area is 105 Å². The van der Waals surface area contributed by atoms with Gasteiger partial charge in [-0.05, 0) is 31.7 Å². The van der Waals surface area contributed by atoms with E-state index in [1.807, 2.05) is 0 Å². The van der Waals surface area contributed by atoms with E-state index in [4.69, 9.17) is 5.11 Å². The summed E-state index contributed by atoms with van der Waals surface area (Å²) in [4.78, 5) is 10.9. The van der Waals surface area contributed by atoms with E-state index in [9.17, 15) is 4.79 Å². The number of tetrazole rings is 1. The lowest BCUT2D eigenvalue weighted by Crippen LogP contribution is -2.43. The first-order valence-electron chi connectivity index (χ1n) is 6.44. The van der Waals surface area contributed by atoms with Crippen LogP contribution >= 0.6 is 0 Å². The maximum absolute atomic E-state index is 10.9. The number of carboxylic acid groups (broad SMARTS) is 1. The first-order valence-corrected chi connectivity index (χ1v) is 6.44. The fraction of sp³-hybridized carbons (Fsp3) is 0.818. The number of carboxylic acids is 1. The third-order valence-electron chi connectivity index (χ3n) is 3.46. The number of aromatic nitrogens is 4. The minimum absolute atomic E-state index is 0.360. The molecule has 3 N–H and O–H groups in total. The molecule has 100 valence electrons. The lowest BCUT2D eigenvalue weighted by Gasteiger charge is -2.27. The Kier molecular flexibility index (Phi) is 4.63. The van der Waals surface area contributed by atoms with E-state index in [-0.39, 0.29) is 6.04 Å². The van der Waals surface area contributed by atoms with Gasteiger partial charge in [-0.2, -0.15) is 5.21 Å². The number of unbranched alkanes of at least 4 members (excludes halogenated alkanes) is 1. The number of aryl methyl sites for hydroxylation is 1. The quantitative estimate of drug-likeness (QED) is 0.633. The second-order valence-corrected chi connectivity index (χ2v) is 4.81. The highest BCUT2D eigenvalue weighted by atomic mass is 16.4. The minimum Gasteiger partial charge on any atom is -0.480 e. The predicted octanol–water partition coefficient (Wildman–Crippen LogP) is 0.365. The van der Waals surface area contributed by atoms with Gasteiger partial charge in [0.2, 0.25) is 0 Å². The molecule has 7 heteroatoms. The number of rotatable bonds is 6. The van der Waals surface area contributed by atoms with E-state index in [0.29, 0.717) is 5.92 Å². The van der Waals surface area contributed by atoms with E-state index in [1.165, 1.54) is 0 Å². The molecule has 0 radical (unpaired) electrons. The van der Waals surface area contributed by atoms with Gasteiger partial charge in [0, 0.05) is 6.42 Å². The largest absolute Gasteiger partial charge is 0.480 e. The normalized spacial score (nSPS) is 24.0. The van der Waals surface area contributed by atoms with E-state index in [2.05, 4.69) is 25.9 Å². The smallest absolute Gasteiger partial charge is 0.320 e. The zero-order valence-corrected chi connectivity index (χ0v) is 10.3. The summed E-state index contributed by atoms with van der Waals surface area (Å²) in [6.45, 7) is 0.812. The van der Waals surface area contributed by atoms with Crippen molar-refractivity contribution in [3.8, 4) is 0 Å². The Morgan fingerprint density at radius 2 is 2.33 bits per heavy atom.